The molecule has 6 atom stereocenters. The molecule has 0 spiro atoms. The number of ether oxygens (including phenoxy) is 4. The molecule has 3 rings (SSSR count). The maximum Gasteiger partial charge on any atom is 0.190 e. The second kappa shape index (κ2) is 2.91. The first-order valence-electron chi connectivity index (χ1n) is 5.01. The van der Waals surface area contributed by atoms with Crippen LogP contribution in [0.15, 0.2) is 0 Å². The largest absolute Gasteiger partial charge is 0.385 e. The molecule has 3 fully saturated rings. The summed E-state index contributed by atoms with van der Waals surface area (Å²) in [6.07, 6.45) is -4.15. The van der Waals surface area contributed by atoms with Gasteiger partial charge < -0.3 is 29.2 Å². The van der Waals surface area contributed by atoms with E-state index < -0.39 is 36.7 Å². The van der Waals surface area contributed by atoms with Crippen LogP contribution in [0, 0.1) is 0 Å². The summed E-state index contributed by atoms with van der Waals surface area (Å²) >= 11 is 0. The summed E-state index contributed by atoms with van der Waals surface area (Å²) in [5.41, 5.74) is 0. The lowest BCUT2D eigenvalue weighted by Gasteiger charge is -2.21. The Morgan fingerprint density at radius 1 is 0.933 bits per heavy atom. The van der Waals surface area contributed by atoms with Crippen molar-refractivity contribution in [3.63, 3.8) is 0 Å². The Hall–Kier alpha value is -0.240. The van der Waals surface area contributed by atoms with Crippen LogP contribution in [0.2, 0.25) is 0 Å². The number of hydrogen-bond donors (Lipinski definition) is 2. The van der Waals surface area contributed by atoms with Gasteiger partial charge in [0.1, 0.15) is 24.4 Å². The lowest BCUT2D eigenvalue weighted by Crippen LogP contribution is -2.35. The van der Waals surface area contributed by atoms with Crippen LogP contribution in [-0.2, 0) is 18.9 Å². The summed E-state index contributed by atoms with van der Waals surface area (Å²) in [6, 6.07) is 0. The number of rotatable bonds is 0. The van der Waals surface area contributed by atoms with Crippen LogP contribution in [0.3, 0.4) is 0 Å². The van der Waals surface area contributed by atoms with Gasteiger partial charge in [-0.25, -0.2) is 0 Å². The van der Waals surface area contributed by atoms with Crippen molar-refractivity contribution in [3.05, 3.63) is 0 Å². The topological polar surface area (TPSA) is 77.4 Å². The fourth-order valence-electron chi connectivity index (χ4n) is 2.34. The molecule has 86 valence electrons. The third-order valence-electron chi connectivity index (χ3n) is 2.95. The summed E-state index contributed by atoms with van der Waals surface area (Å²) in [7, 11) is 0. The summed E-state index contributed by atoms with van der Waals surface area (Å²) < 4.78 is 21.7. The quantitative estimate of drug-likeness (QED) is 0.539. The summed E-state index contributed by atoms with van der Waals surface area (Å²) in [6.45, 7) is 3.57. The second-order valence-electron chi connectivity index (χ2n) is 4.55. The molecule has 3 heterocycles. The van der Waals surface area contributed by atoms with Crippen LogP contribution in [-0.4, -0.2) is 53.0 Å². The molecule has 0 aliphatic carbocycles. The zero-order valence-corrected chi connectivity index (χ0v) is 8.49. The fourth-order valence-corrected chi connectivity index (χ4v) is 2.34. The molecule has 0 radical (unpaired) electrons. The first kappa shape index (κ1) is 9.95. The first-order valence-corrected chi connectivity index (χ1v) is 5.01. The Morgan fingerprint density at radius 2 is 1.67 bits per heavy atom. The van der Waals surface area contributed by atoms with Gasteiger partial charge in [0, 0.05) is 0 Å². The van der Waals surface area contributed by atoms with Gasteiger partial charge in [-0.3, -0.25) is 0 Å². The molecule has 0 aromatic rings. The standard InChI is InChI=1S/C9H14O6/c1-9(2)14-6-5-4(13-8(6)15-9)3(10)7(11)12-5/h3-8,10-11H,1-2H3/t3-,4-,5-,6+,7-,8+/m1/s1. The molecule has 3 saturated heterocycles. The van der Waals surface area contributed by atoms with Gasteiger partial charge in [0.25, 0.3) is 0 Å². The lowest BCUT2D eigenvalue weighted by atomic mass is 10.1. The second-order valence-corrected chi connectivity index (χ2v) is 4.55. The number of aliphatic hydroxyl groups excluding tert-OH is 2. The highest BCUT2D eigenvalue weighted by molar-refractivity contribution is 5.01. The van der Waals surface area contributed by atoms with Crippen molar-refractivity contribution in [2.24, 2.45) is 0 Å². The molecule has 6 heteroatoms. The van der Waals surface area contributed by atoms with Crippen LogP contribution in [0.1, 0.15) is 13.8 Å². The van der Waals surface area contributed by atoms with E-state index in [1.165, 1.54) is 0 Å². The zero-order valence-electron chi connectivity index (χ0n) is 8.49. The van der Waals surface area contributed by atoms with E-state index in [-0.39, 0.29) is 6.10 Å². The maximum absolute atomic E-state index is 9.54. The van der Waals surface area contributed by atoms with Crippen LogP contribution >= 0.6 is 0 Å². The lowest BCUT2D eigenvalue weighted by molar-refractivity contribution is -0.214. The van der Waals surface area contributed by atoms with Gasteiger partial charge in [0.15, 0.2) is 18.4 Å². The predicted molar refractivity (Wildman–Crippen MR) is 45.6 cm³/mol. The molecule has 0 unspecified atom stereocenters. The van der Waals surface area contributed by atoms with E-state index in [4.69, 9.17) is 18.9 Å². The molecule has 3 aliphatic rings. The van der Waals surface area contributed by atoms with Crippen molar-refractivity contribution in [1.29, 1.82) is 0 Å². The third-order valence-corrected chi connectivity index (χ3v) is 2.95. The Labute approximate surface area is 86.7 Å². The van der Waals surface area contributed by atoms with Gasteiger partial charge in [0.05, 0.1) is 0 Å². The van der Waals surface area contributed by atoms with Crippen LogP contribution in [0.4, 0.5) is 0 Å². The van der Waals surface area contributed by atoms with Crippen molar-refractivity contribution in [1.82, 2.24) is 0 Å². The monoisotopic (exact) mass is 218 g/mol. The molecule has 6 nitrogen and oxygen atoms in total. The molecule has 0 aromatic carbocycles. The Bertz CT molecular complexity index is 280. The average molecular weight is 218 g/mol. The van der Waals surface area contributed by atoms with Gasteiger partial charge >= 0.3 is 0 Å². The Balaban J connectivity index is 1.80. The van der Waals surface area contributed by atoms with E-state index in [9.17, 15) is 10.2 Å². The van der Waals surface area contributed by atoms with Gasteiger partial charge in [-0.2, -0.15) is 0 Å². The summed E-state index contributed by atoms with van der Waals surface area (Å²) in [5, 5.41) is 18.8. The Kier molecular flexibility index (Phi) is 1.93. The minimum Gasteiger partial charge on any atom is -0.385 e. The molecule has 0 amide bonds. The van der Waals surface area contributed by atoms with Gasteiger partial charge in [0.2, 0.25) is 0 Å². The normalized spacial score (nSPS) is 56.8. The van der Waals surface area contributed by atoms with Gasteiger partial charge in [-0.15, -0.1) is 0 Å². The molecular weight excluding hydrogens is 204 g/mol. The number of fused-ring (bicyclic) bond motifs is 3. The minimum atomic E-state index is -1.20. The van der Waals surface area contributed by atoms with Crippen molar-refractivity contribution in [3.8, 4) is 0 Å². The summed E-state index contributed by atoms with van der Waals surface area (Å²) in [4.78, 5) is 0. The van der Waals surface area contributed by atoms with E-state index in [1.807, 2.05) is 0 Å². The van der Waals surface area contributed by atoms with Crippen LogP contribution < -0.4 is 0 Å². The van der Waals surface area contributed by atoms with Crippen molar-refractivity contribution < 1.29 is 29.2 Å². The van der Waals surface area contributed by atoms with Crippen molar-refractivity contribution in [2.75, 3.05) is 0 Å². The molecule has 2 N–H and O–H groups in total. The SMILES string of the molecule is CC1(C)O[C@@H]2O[C@@H]3[C@@H](O)[C@H](O)O[C@H]3[C@@H]2O1. The average Bonchev–Trinajstić information content (AvgIpc) is 2.66. The maximum atomic E-state index is 9.54. The van der Waals surface area contributed by atoms with Crippen molar-refractivity contribution in [2.45, 2.75) is 56.6 Å². The summed E-state index contributed by atoms with van der Waals surface area (Å²) in [5.74, 6) is -0.706. The molecule has 3 aliphatic heterocycles. The molecule has 0 saturated carbocycles. The van der Waals surface area contributed by atoms with E-state index in [1.54, 1.807) is 13.8 Å². The number of aliphatic hydroxyl groups is 2. The van der Waals surface area contributed by atoms with E-state index >= 15 is 0 Å². The first-order chi connectivity index (χ1) is 6.98. The van der Waals surface area contributed by atoms with Gasteiger partial charge in [-0.1, -0.05) is 0 Å². The van der Waals surface area contributed by atoms with Crippen molar-refractivity contribution >= 4 is 0 Å². The number of hydrogen-bond acceptors (Lipinski definition) is 6. The highest BCUT2D eigenvalue weighted by atomic mass is 16.9. The van der Waals surface area contributed by atoms with E-state index in [2.05, 4.69) is 0 Å². The molecule has 0 aromatic heterocycles. The highest BCUT2D eigenvalue weighted by Crippen LogP contribution is 2.42. The Morgan fingerprint density at radius 3 is 2.40 bits per heavy atom. The highest BCUT2D eigenvalue weighted by Gasteiger charge is 2.61. The van der Waals surface area contributed by atoms with Crippen LogP contribution in [0.5, 0.6) is 0 Å². The molecular formula is C9H14O6. The van der Waals surface area contributed by atoms with E-state index in [0.29, 0.717) is 0 Å². The fraction of sp³-hybridized carbons (Fsp3) is 1.00. The zero-order chi connectivity index (χ0) is 10.8. The minimum absolute atomic E-state index is 0.378. The van der Waals surface area contributed by atoms with Gasteiger partial charge in [-0.05, 0) is 13.8 Å². The molecule has 0 bridgehead atoms. The van der Waals surface area contributed by atoms with E-state index in [0.717, 1.165) is 0 Å². The van der Waals surface area contributed by atoms with Crippen LogP contribution in [0.25, 0.3) is 0 Å². The smallest absolute Gasteiger partial charge is 0.190 e. The molecule has 15 heavy (non-hydrogen) atoms. The third kappa shape index (κ3) is 1.33. The predicted octanol–water partition coefficient (Wildman–Crippen LogP) is -1.06.